The van der Waals surface area contributed by atoms with E-state index in [2.05, 4.69) is 15.9 Å². The Balaban J connectivity index is 2.46. The Bertz CT molecular complexity index is 520. The maximum atomic E-state index is 10.5. The van der Waals surface area contributed by atoms with Crippen molar-refractivity contribution in [2.75, 3.05) is 0 Å². The van der Waals surface area contributed by atoms with Crippen molar-refractivity contribution < 1.29 is 4.79 Å². The SMILES string of the molecule is O=Cc1ccc(-c2ccc(Br)cc2Cl)cc1. The molecule has 0 fully saturated rings. The molecular formula is C13H8BrClO. The van der Waals surface area contributed by atoms with Crippen LogP contribution in [0.25, 0.3) is 11.1 Å². The highest BCUT2D eigenvalue weighted by Gasteiger charge is 2.03. The highest BCUT2D eigenvalue weighted by atomic mass is 79.9. The zero-order chi connectivity index (χ0) is 11.5. The number of halogens is 2. The molecule has 0 amide bonds. The van der Waals surface area contributed by atoms with Gasteiger partial charge >= 0.3 is 0 Å². The summed E-state index contributed by atoms with van der Waals surface area (Å²) in [5.74, 6) is 0. The molecule has 0 atom stereocenters. The van der Waals surface area contributed by atoms with Crippen LogP contribution in [-0.4, -0.2) is 6.29 Å². The standard InChI is InChI=1S/C13H8BrClO/c14-11-5-6-12(13(15)7-11)10-3-1-9(8-16)2-4-10/h1-8H. The molecule has 80 valence electrons. The second-order valence-electron chi connectivity index (χ2n) is 3.36. The maximum Gasteiger partial charge on any atom is 0.150 e. The maximum absolute atomic E-state index is 10.5. The summed E-state index contributed by atoms with van der Waals surface area (Å²) < 4.78 is 0.950. The molecule has 0 aliphatic heterocycles. The molecule has 0 saturated carbocycles. The Labute approximate surface area is 107 Å². The molecule has 16 heavy (non-hydrogen) atoms. The zero-order valence-electron chi connectivity index (χ0n) is 8.28. The summed E-state index contributed by atoms with van der Waals surface area (Å²) in [6.07, 6.45) is 0.826. The van der Waals surface area contributed by atoms with Crippen LogP contribution in [0.3, 0.4) is 0 Å². The second-order valence-corrected chi connectivity index (χ2v) is 4.69. The van der Waals surface area contributed by atoms with E-state index < -0.39 is 0 Å². The van der Waals surface area contributed by atoms with Crippen LogP contribution >= 0.6 is 27.5 Å². The van der Waals surface area contributed by atoms with Gasteiger partial charge in [0, 0.05) is 20.6 Å². The van der Waals surface area contributed by atoms with E-state index in [9.17, 15) is 4.79 Å². The Kier molecular flexibility index (Phi) is 3.42. The van der Waals surface area contributed by atoms with E-state index in [-0.39, 0.29) is 0 Å². The third-order valence-electron chi connectivity index (χ3n) is 2.29. The van der Waals surface area contributed by atoms with Crippen LogP contribution in [0.1, 0.15) is 10.4 Å². The van der Waals surface area contributed by atoms with Crippen molar-refractivity contribution in [1.82, 2.24) is 0 Å². The van der Waals surface area contributed by atoms with Gasteiger partial charge in [0.1, 0.15) is 6.29 Å². The third-order valence-corrected chi connectivity index (χ3v) is 3.09. The molecule has 0 aliphatic carbocycles. The average Bonchev–Trinajstić information content (AvgIpc) is 2.29. The minimum absolute atomic E-state index is 0.664. The fraction of sp³-hybridized carbons (Fsp3) is 0. The van der Waals surface area contributed by atoms with Gasteiger partial charge in [-0.25, -0.2) is 0 Å². The van der Waals surface area contributed by atoms with Crippen molar-refractivity contribution in [3.8, 4) is 11.1 Å². The quantitative estimate of drug-likeness (QED) is 0.741. The summed E-state index contributed by atoms with van der Waals surface area (Å²) in [7, 11) is 0. The van der Waals surface area contributed by atoms with Gasteiger partial charge in [-0.2, -0.15) is 0 Å². The molecule has 0 N–H and O–H groups in total. The van der Waals surface area contributed by atoms with E-state index in [1.165, 1.54) is 0 Å². The first-order chi connectivity index (χ1) is 7.70. The van der Waals surface area contributed by atoms with Gasteiger partial charge in [-0.3, -0.25) is 4.79 Å². The van der Waals surface area contributed by atoms with Crippen molar-refractivity contribution in [2.24, 2.45) is 0 Å². The highest BCUT2D eigenvalue weighted by Crippen LogP contribution is 2.30. The lowest BCUT2D eigenvalue weighted by molar-refractivity contribution is 0.112. The summed E-state index contributed by atoms with van der Waals surface area (Å²) >= 11 is 9.50. The molecule has 2 rings (SSSR count). The molecule has 2 aromatic carbocycles. The number of carbonyl (C=O) groups excluding carboxylic acids is 1. The minimum atomic E-state index is 0.664. The summed E-state index contributed by atoms with van der Waals surface area (Å²) in [5.41, 5.74) is 2.63. The van der Waals surface area contributed by atoms with Crippen LogP contribution in [0.4, 0.5) is 0 Å². The van der Waals surface area contributed by atoms with E-state index in [0.29, 0.717) is 10.6 Å². The van der Waals surface area contributed by atoms with Gasteiger partial charge in [0.2, 0.25) is 0 Å². The topological polar surface area (TPSA) is 17.1 Å². The van der Waals surface area contributed by atoms with Crippen molar-refractivity contribution >= 4 is 33.8 Å². The Morgan fingerprint density at radius 1 is 1.06 bits per heavy atom. The molecule has 0 bridgehead atoms. The summed E-state index contributed by atoms with van der Waals surface area (Å²) in [5, 5.41) is 0.688. The third kappa shape index (κ3) is 2.34. The first-order valence-electron chi connectivity index (χ1n) is 4.71. The van der Waals surface area contributed by atoms with E-state index in [4.69, 9.17) is 11.6 Å². The minimum Gasteiger partial charge on any atom is -0.298 e. The fourth-order valence-corrected chi connectivity index (χ4v) is 2.25. The highest BCUT2D eigenvalue weighted by molar-refractivity contribution is 9.10. The van der Waals surface area contributed by atoms with Gasteiger partial charge in [-0.15, -0.1) is 0 Å². The van der Waals surface area contributed by atoms with E-state index in [0.717, 1.165) is 21.9 Å². The number of rotatable bonds is 2. The number of carbonyl (C=O) groups is 1. The van der Waals surface area contributed by atoms with Crippen molar-refractivity contribution in [2.45, 2.75) is 0 Å². The van der Waals surface area contributed by atoms with E-state index in [1.54, 1.807) is 12.1 Å². The van der Waals surface area contributed by atoms with Crippen LogP contribution in [0.5, 0.6) is 0 Å². The molecule has 0 aliphatic rings. The lowest BCUT2D eigenvalue weighted by atomic mass is 10.0. The molecule has 0 saturated heterocycles. The lowest BCUT2D eigenvalue weighted by Gasteiger charge is -2.05. The molecule has 3 heteroatoms. The number of aldehydes is 1. The van der Waals surface area contributed by atoms with Gasteiger partial charge in [-0.1, -0.05) is 57.9 Å². The van der Waals surface area contributed by atoms with E-state index >= 15 is 0 Å². The Hall–Kier alpha value is -1.12. The monoisotopic (exact) mass is 294 g/mol. The summed E-state index contributed by atoms with van der Waals surface area (Å²) in [6.45, 7) is 0. The summed E-state index contributed by atoms with van der Waals surface area (Å²) in [4.78, 5) is 10.5. The Morgan fingerprint density at radius 3 is 2.31 bits per heavy atom. The van der Waals surface area contributed by atoms with Gasteiger partial charge in [0.15, 0.2) is 0 Å². The van der Waals surface area contributed by atoms with E-state index in [1.807, 2.05) is 30.3 Å². The molecular weight excluding hydrogens is 287 g/mol. The molecule has 1 nitrogen and oxygen atoms in total. The predicted molar refractivity (Wildman–Crippen MR) is 70.0 cm³/mol. The van der Waals surface area contributed by atoms with Gasteiger partial charge in [0.25, 0.3) is 0 Å². The van der Waals surface area contributed by atoms with Crippen LogP contribution in [0.15, 0.2) is 46.9 Å². The largest absolute Gasteiger partial charge is 0.298 e. The number of benzene rings is 2. The van der Waals surface area contributed by atoms with Gasteiger partial charge < -0.3 is 0 Å². The fourth-order valence-electron chi connectivity index (χ4n) is 1.46. The number of hydrogen-bond donors (Lipinski definition) is 0. The van der Waals surface area contributed by atoms with Crippen molar-refractivity contribution in [3.63, 3.8) is 0 Å². The molecule has 0 unspecified atom stereocenters. The van der Waals surface area contributed by atoms with Crippen LogP contribution < -0.4 is 0 Å². The van der Waals surface area contributed by atoms with Crippen LogP contribution in [-0.2, 0) is 0 Å². The zero-order valence-corrected chi connectivity index (χ0v) is 10.6. The normalized spacial score (nSPS) is 10.1. The van der Waals surface area contributed by atoms with Crippen LogP contribution in [0, 0.1) is 0 Å². The van der Waals surface area contributed by atoms with Crippen LogP contribution in [0.2, 0.25) is 5.02 Å². The molecule has 0 aromatic heterocycles. The predicted octanol–water partition coefficient (Wildman–Crippen LogP) is 4.58. The van der Waals surface area contributed by atoms with Crippen molar-refractivity contribution in [1.29, 1.82) is 0 Å². The second kappa shape index (κ2) is 4.81. The summed E-state index contributed by atoms with van der Waals surface area (Å²) in [6, 6.07) is 13.1. The molecule has 0 heterocycles. The van der Waals surface area contributed by atoms with Gasteiger partial charge in [0.05, 0.1) is 0 Å². The van der Waals surface area contributed by atoms with Gasteiger partial charge in [-0.05, 0) is 17.7 Å². The van der Waals surface area contributed by atoms with Crippen molar-refractivity contribution in [3.05, 3.63) is 57.5 Å². The first kappa shape index (κ1) is 11.4. The average molecular weight is 296 g/mol. The molecule has 0 radical (unpaired) electrons. The lowest BCUT2D eigenvalue weighted by Crippen LogP contribution is -1.82. The first-order valence-corrected chi connectivity index (χ1v) is 5.88. The molecule has 2 aromatic rings. The molecule has 0 spiro atoms. The number of hydrogen-bond acceptors (Lipinski definition) is 1. The Morgan fingerprint density at radius 2 is 1.75 bits per heavy atom. The smallest absolute Gasteiger partial charge is 0.150 e.